The lowest BCUT2D eigenvalue weighted by molar-refractivity contribution is -0.128. The molecule has 2 heterocycles. The van der Waals surface area contributed by atoms with Gasteiger partial charge >= 0.3 is 0 Å². The van der Waals surface area contributed by atoms with Crippen molar-refractivity contribution in [3.05, 3.63) is 48.0 Å². The van der Waals surface area contributed by atoms with Gasteiger partial charge in [0.05, 0.1) is 10.6 Å². The number of ether oxygens (including phenoxy) is 2. The summed E-state index contributed by atoms with van der Waals surface area (Å²) in [7, 11) is -3.55. The van der Waals surface area contributed by atoms with Gasteiger partial charge in [-0.1, -0.05) is 17.7 Å². The van der Waals surface area contributed by atoms with Crippen molar-refractivity contribution in [2.45, 2.75) is 23.1 Å². The van der Waals surface area contributed by atoms with Crippen LogP contribution < -0.4 is 9.47 Å². The molecule has 2 aliphatic heterocycles. The van der Waals surface area contributed by atoms with Crippen molar-refractivity contribution in [1.29, 1.82) is 0 Å². The van der Waals surface area contributed by atoms with Crippen molar-refractivity contribution < 1.29 is 22.7 Å². The van der Waals surface area contributed by atoms with E-state index >= 15 is 0 Å². The number of hydrogen-bond acceptors (Lipinski definition) is 6. The lowest BCUT2D eigenvalue weighted by Crippen LogP contribution is -2.38. The lowest BCUT2D eigenvalue weighted by Gasteiger charge is -2.22. The molecule has 2 aliphatic rings. The van der Waals surface area contributed by atoms with E-state index < -0.39 is 10.0 Å². The quantitative estimate of drug-likeness (QED) is 0.636. The van der Waals surface area contributed by atoms with Gasteiger partial charge in [0.25, 0.3) is 0 Å². The Balaban J connectivity index is 1.34. The van der Waals surface area contributed by atoms with Gasteiger partial charge in [-0.25, -0.2) is 8.42 Å². The van der Waals surface area contributed by atoms with Crippen LogP contribution in [0.1, 0.15) is 12.0 Å². The Morgan fingerprint density at radius 1 is 0.968 bits per heavy atom. The van der Waals surface area contributed by atoms with Crippen molar-refractivity contribution >= 4 is 27.7 Å². The Morgan fingerprint density at radius 3 is 2.48 bits per heavy atom. The average molecular weight is 463 g/mol. The predicted molar refractivity (Wildman–Crippen MR) is 119 cm³/mol. The molecule has 0 aromatic heterocycles. The highest BCUT2D eigenvalue weighted by molar-refractivity contribution is 8.00. The first kappa shape index (κ1) is 22.0. The SMILES string of the molecule is Cc1ccc(S(=O)(=O)N2CCCN(C(=O)CSc3ccc4c(c3)OCCO4)CC2)cc1. The number of hydrogen-bond donors (Lipinski definition) is 0. The van der Waals surface area contributed by atoms with Gasteiger partial charge in [0.2, 0.25) is 15.9 Å². The zero-order chi connectivity index (χ0) is 21.8. The van der Waals surface area contributed by atoms with E-state index in [1.807, 2.05) is 25.1 Å². The summed E-state index contributed by atoms with van der Waals surface area (Å²) < 4.78 is 38.5. The molecule has 9 heteroatoms. The zero-order valence-corrected chi connectivity index (χ0v) is 19.1. The number of carbonyl (C=O) groups excluding carboxylic acids is 1. The first-order valence-corrected chi connectivity index (χ1v) is 12.7. The smallest absolute Gasteiger partial charge is 0.243 e. The number of aryl methyl sites for hydroxylation is 1. The predicted octanol–water partition coefficient (Wildman–Crippen LogP) is 2.78. The molecule has 2 aromatic carbocycles. The van der Waals surface area contributed by atoms with Crippen molar-refractivity contribution in [1.82, 2.24) is 9.21 Å². The van der Waals surface area contributed by atoms with Crippen LogP contribution in [0.25, 0.3) is 0 Å². The van der Waals surface area contributed by atoms with E-state index in [0.717, 1.165) is 16.2 Å². The summed E-state index contributed by atoms with van der Waals surface area (Å²) in [6.45, 7) is 4.66. The van der Waals surface area contributed by atoms with Crippen molar-refractivity contribution in [2.24, 2.45) is 0 Å². The minimum atomic E-state index is -3.55. The van der Waals surface area contributed by atoms with E-state index in [2.05, 4.69) is 0 Å². The number of amides is 1. The Hall–Kier alpha value is -2.23. The molecule has 0 radical (unpaired) electrons. The van der Waals surface area contributed by atoms with Crippen LogP contribution in [-0.4, -0.2) is 68.7 Å². The summed E-state index contributed by atoms with van der Waals surface area (Å²) in [6, 6.07) is 12.6. The van der Waals surface area contributed by atoms with E-state index in [0.29, 0.717) is 62.2 Å². The fourth-order valence-corrected chi connectivity index (χ4v) is 5.89. The number of fused-ring (bicyclic) bond motifs is 1. The number of sulfonamides is 1. The monoisotopic (exact) mass is 462 g/mol. The number of rotatable bonds is 5. The topological polar surface area (TPSA) is 76.2 Å². The summed E-state index contributed by atoms with van der Waals surface area (Å²) in [5.41, 5.74) is 1.02. The van der Waals surface area contributed by atoms with Gasteiger partial charge in [0.15, 0.2) is 11.5 Å². The summed E-state index contributed by atoms with van der Waals surface area (Å²) >= 11 is 1.45. The third kappa shape index (κ3) is 5.16. The maximum Gasteiger partial charge on any atom is 0.243 e. The molecule has 2 aromatic rings. The first-order valence-electron chi connectivity index (χ1n) is 10.3. The Bertz CT molecular complexity index is 1040. The Kier molecular flexibility index (Phi) is 6.74. The van der Waals surface area contributed by atoms with E-state index in [1.165, 1.54) is 16.1 Å². The van der Waals surface area contributed by atoms with Crippen LogP contribution in [-0.2, 0) is 14.8 Å². The van der Waals surface area contributed by atoms with Crippen LogP contribution in [0, 0.1) is 6.92 Å². The van der Waals surface area contributed by atoms with E-state index in [9.17, 15) is 13.2 Å². The summed E-state index contributed by atoms with van der Waals surface area (Å²) in [4.78, 5) is 15.8. The molecule has 0 atom stereocenters. The molecular formula is C22H26N2O5S2. The summed E-state index contributed by atoms with van der Waals surface area (Å²) in [5.74, 6) is 1.74. The third-order valence-corrected chi connectivity index (χ3v) is 8.23. The number of carbonyl (C=O) groups is 1. The molecule has 1 saturated heterocycles. The molecule has 0 saturated carbocycles. The molecule has 0 spiro atoms. The second kappa shape index (κ2) is 9.50. The molecule has 4 rings (SSSR count). The standard InChI is InChI=1S/C22H26N2O5S2/c1-17-3-6-19(7-4-17)31(26,27)24-10-2-9-23(11-12-24)22(25)16-30-18-5-8-20-21(15-18)29-14-13-28-20/h3-8,15H,2,9-14,16H2,1H3. The molecule has 1 fully saturated rings. The lowest BCUT2D eigenvalue weighted by atomic mass is 10.2. The fourth-order valence-electron chi connectivity index (χ4n) is 3.59. The van der Waals surface area contributed by atoms with Crippen LogP contribution in [0.4, 0.5) is 0 Å². The van der Waals surface area contributed by atoms with Crippen LogP contribution in [0.15, 0.2) is 52.3 Å². The maximum absolute atomic E-state index is 13.0. The van der Waals surface area contributed by atoms with Gasteiger partial charge in [-0.2, -0.15) is 4.31 Å². The minimum Gasteiger partial charge on any atom is -0.486 e. The Labute approximate surface area is 187 Å². The molecule has 31 heavy (non-hydrogen) atoms. The second-order valence-corrected chi connectivity index (χ2v) is 10.5. The van der Waals surface area contributed by atoms with Crippen LogP contribution >= 0.6 is 11.8 Å². The molecule has 1 amide bonds. The molecule has 7 nitrogen and oxygen atoms in total. The van der Waals surface area contributed by atoms with Crippen molar-refractivity contribution in [3.63, 3.8) is 0 Å². The highest BCUT2D eigenvalue weighted by Gasteiger charge is 2.28. The normalized spacial score (nSPS) is 17.3. The minimum absolute atomic E-state index is 0.00877. The van der Waals surface area contributed by atoms with Crippen LogP contribution in [0.5, 0.6) is 11.5 Å². The number of thioether (sulfide) groups is 1. The van der Waals surface area contributed by atoms with E-state index in [-0.39, 0.29) is 5.91 Å². The maximum atomic E-state index is 13.0. The number of nitrogens with zero attached hydrogens (tertiary/aromatic N) is 2. The van der Waals surface area contributed by atoms with Gasteiger partial charge in [-0.15, -0.1) is 11.8 Å². The first-order chi connectivity index (χ1) is 14.9. The van der Waals surface area contributed by atoms with Crippen molar-refractivity contribution in [2.75, 3.05) is 45.1 Å². The molecule has 0 bridgehead atoms. The largest absolute Gasteiger partial charge is 0.486 e. The highest BCUT2D eigenvalue weighted by Crippen LogP contribution is 2.34. The molecule has 0 unspecified atom stereocenters. The average Bonchev–Trinajstić information content (AvgIpc) is 3.05. The van der Waals surface area contributed by atoms with Gasteiger partial charge in [0, 0.05) is 31.1 Å². The van der Waals surface area contributed by atoms with Gasteiger partial charge in [-0.3, -0.25) is 4.79 Å². The van der Waals surface area contributed by atoms with Gasteiger partial charge < -0.3 is 14.4 Å². The molecule has 166 valence electrons. The number of benzene rings is 2. The van der Waals surface area contributed by atoms with E-state index in [4.69, 9.17) is 9.47 Å². The summed E-state index contributed by atoms with van der Waals surface area (Å²) in [6.07, 6.45) is 0.617. The molecule has 0 N–H and O–H groups in total. The Morgan fingerprint density at radius 2 is 1.71 bits per heavy atom. The van der Waals surface area contributed by atoms with E-state index in [1.54, 1.807) is 29.2 Å². The van der Waals surface area contributed by atoms with Gasteiger partial charge in [0.1, 0.15) is 13.2 Å². The third-order valence-electron chi connectivity index (χ3n) is 5.34. The van der Waals surface area contributed by atoms with Gasteiger partial charge in [-0.05, 0) is 43.7 Å². The molecular weight excluding hydrogens is 436 g/mol. The van der Waals surface area contributed by atoms with Crippen LogP contribution in [0.2, 0.25) is 0 Å². The highest BCUT2D eigenvalue weighted by atomic mass is 32.2. The van der Waals surface area contributed by atoms with Crippen LogP contribution in [0.3, 0.4) is 0 Å². The summed E-state index contributed by atoms with van der Waals surface area (Å²) in [5, 5.41) is 0. The zero-order valence-electron chi connectivity index (χ0n) is 17.5. The molecule has 0 aliphatic carbocycles. The fraction of sp³-hybridized carbons (Fsp3) is 0.409. The second-order valence-electron chi connectivity index (χ2n) is 7.55. The van der Waals surface area contributed by atoms with Crippen molar-refractivity contribution in [3.8, 4) is 11.5 Å².